The highest BCUT2D eigenvalue weighted by Crippen LogP contribution is 2.32. The molecule has 0 N–H and O–H groups in total. The van der Waals surface area contributed by atoms with E-state index in [1.165, 1.54) is 6.33 Å². The maximum Gasteiger partial charge on any atom is 0.180 e. The van der Waals surface area contributed by atoms with E-state index in [-0.39, 0.29) is 6.23 Å². The van der Waals surface area contributed by atoms with Crippen molar-refractivity contribution in [3.63, 3.8) is 0 Å². The molecule has 3 heterocycles. The predicted molar refractivity (Wildman–Crippen MR) is 97.3 cm³/mol. The molecule has 1 fully saturated rings. The summed E-state index contributed by atoms with van der Waals surface area (Å²) in [6.07, 6.45) is 7.11. The zero-order valence-corrected chi connectivity index (χ0v) is 14.5. The van der Waals surface area contributed by atoms with E-state index in [9.17, 15) is 0 Å². The number of likely N-dealkylation sites (tertiary alicyclic amines) is 1. The lowest BCUT2D eigenvalue weighted by atomic mass is 10.2. The minimum absolute atomic E-state index is 0.243. The van der Waals surface area contributed by atoms with Crippen LogP contribution in [0.15, 0.2) is 49.1 Å². The highest BCUT2D eigenvalue weighted by Gasteiger charge is 2.30. The van der Waals surface area contributed by atoms with Gasteiger partial charge in [0.25, 0.3) is 0 Å². The molecule has 6 nitrogen and oxygen atoms in total. The minimum atomic E-state index is -0.243. The van der Waals surface area contributed by atoms with Gasteiger partial charge in [-0.05, 0) is 44.0 Å². The molecule has 1 aliphatic heterocycles. The molecule has 0 amide bonds. The van der Waals surface area contributed by atoms with Gasteiger partial charge in [-0.15, -0.1) is 0 Å². The van der Waals surface area contributed by atoms with Gasteiger partial charge in [0.2, 0.25) is 0 Å². The molecule has 2 atom stereocenters. The molecular formula is C20H19N5O. The topological polar surface area (TPSA) is 74.9 Å². The molecule has 2 unspecified atom stereocenters. The van der Waals surface area contributed by atoms with Gasteiger partial charge in [0.15, 0.2) is 6.23 Å². The van der Waals surface area contributed by atoms with Gasteiger partial charge in [0.05, 0.1) is 5.52 Å². The lowest BCUT2D eigenvalue weighted by Gasteiger charge is -2.31. The average Bonchev–Trinajstić information content (AvgIpc) is 3.12. The summed E-state index contributed by atoms with van der Waals surface area (Å²) in [6.45, 7) is 3.19. The lowest BCUT2D eigenvalue weighted by Crippen LogP contribution is -2.35. The summed E-state index contributed by atoms with van der Waals surface area (Å²) in [5, 5.41) is 9.97. The van der Waals surface area contributed by atoms with Crippen LogP contribution in [0.5, 0.6) is 5.75 Å². The Bertz CT molecular complexity index is 950. The van der Waals surface area contributed by atoms with Crippen LogP contribution in [-0.4, -0.2) is 32.4 Å². The fraction of sp³-hybridized carbons (Fsp3) is 0.300. The molecule has 26 heavy (non-hydrogen) atoms. The van der Waals surface area contributed by atoms with Crippen molar-refractivity contribution in [1.29, 1.82) is 5.26 Å². The number of aromatic nitrogens is 3. The first-order valence-electron chi connectivity index (χ1n) is 8.73. The Morgan fingerprint density at radius 3 is 2.88 bits per heavy atom. The molecule has 0 saturated carbocycles. The first kappa shape index (κ1) is 16.4. The molecule has 0 spiro atoms. The number of benzene rings is 1. The summed E-state index contributed by atoms with van der Waals surface area (Å²) in [4.78, 5) is 14.9. The molecule has 0 bridgehead atoms. The molecule has 2 aromatic heterocycles. The quantitative estimate of drug-likeness (QED) is 0.721. The third kappa shape index (κ3) is 3.22. The van der Waals surface area contributed by atoms with Gasteiger partial charge in [-0.25, -0.2) is 15.0 Å². The zero-order chi connectivity index (χ0) is 17.9. The van der Waals surface area contributed by atoms with Crippen LogP contribution in [0.4, 0.5) is 0 Å². The van der Waals surface area contributed by atoms with Gasteiger partial charge in [0.1, 0.15) is 23.8 Å². The number of nitriles is 1. The van der Waals surface area contributed by atoms with Crippen LogP contribution in [0.1, 0.15) is 37.3 Å². The molecule has 0 aliphatic carbocycles. The number of ether oxygens (including phenoxy) is 1. The summed E-state index contributed by atoms with van der Waals surface area (Å²) in [6, 6.07) is 12.0. The Hall–Kier alpha value is -3.04. The van der Waals surface area contributed by atoms with Crippen LogP contribution in [0.25, 0.3) is 10.9 Å². The molecule has 130 valence electrons. The molecule has 0 radical (unpaired) electrons. The first-order chi connectivity index (χ1) is 12.7. The van der Waals surface area contributed by atoms with Gasteiger partial charge in [-0.1, -0.05) is 0 Å². The standard InChI is InChI=1S/C20H19N5O/c1-14-3-2-8-25(14)20(16-4-6-17(10-21)23-12-16)26-18-7-5-15-11-22-13-24-19(15)9-18/h4-7,9,11-14,20H,2-3,8H2,1H3. The van der Waals surface area contributed by atoms with E-state index in [0.717, 1.165) is 41.6 Å². The minimum Gasteiger partial charge on any atom is -0.471 e. The maximum absolute atomic E-state index is 8.99. The zero-order valence-electron chi connectivity index (χ0n) is 14.5. The van der Waals surface area contributed by atoms with Gasteiger partial charge in [0, 0.05) is 42.0 Å². The Morgan fingerprint density at radius 2 is 2.15 bits per heavy atom. The van der Waals surface area contributed by atoms with Crippen molar-refractivity contribution < 1.29 is 4.74 Å². The first-order valence-corrected chi connectivity index (χ1v) is 8.73. The summed E-state index contributed by atoms with van der Waals surface area (Å²) in [7, 11) is 0. The average molecular weight is 345 g/mol. The fourth-order valence-electron chi connectivity index (χ4n) is 3.40. The van der Waals surface area contributed by atoms with Gasteiger partial charge < -0.3 is 4.74 Å². The van der Waals surface area contributed by atoms with E-state index in [4.69, 9.17) is 10.00 Å². The third-order valence-corrected chi connectivity index (χ3v) is 4.82. The summed E-state index contributed by atoms with van der Waals surface area (Å²) in [5.41, 5.74) is 2.20. The van der Waals surface area contributed by atoms with Crippen LogP contribution in [0.3, 0.4) is 0 Å². The molecular weight excluding hydrogens is 326 g/mol. The number of rotatable bonds is 4. The summed E-state index contributed by atoms with van der Waals surface area (Å²) in [5.74, 6) is 0.754. The highest BCUT2D eigenvalue weighted by molar-refractivity contribution is 5.78. The van der Waals surface area contributed by atoms with E-state index in [1.807, 2.05) is 24.3 Å². The van der Waals surface area contributed by atoms with Crippen molar-refractivity contribution in [3.8, 4) is 11.8 Å². The van der Waals surface area contributed by atoms with E-state index in [1.54, 1.807) is 18.5 Å². The number of pyridine rings is 1. The van der Waals surface area contributed by atoms with Crippen LogP contribution < -0.4 is 4.74 Å². The van der Waals surface area contributed by atoms with Crippen molar-refractivity contribution in [2.24, 2.45) is 0 Å². The summed E-state index contributed by atoms with van der Waals surface area (Å²) < 4.78 is 6.38. The van der Waals surface area contributed by atoms with Crippen molar-refractivity contribution >= 4 is 10.9 Å². The van der Waals surface area contributed by atoms with E-state index in [0.29, 0.717) is 11.7 Å². The number of hydrogen-bond donors (Lipinski definition) is 0. The van der Waals surface area contributed by atoms with Crippen LogP contribution >= 0.6 is 0 Å². The third-order valence-electron chi connectivity index (χ3n) is 4.82. The van der Waals surface area contributed by atoms with Gasteiger partial charge in [-0.2, -0.15) is 5.26 Å². The maximum atomic E-state index is 8.99. The smallest absolute Gasteiger partial charge is 0.180 e. The Labute approximate surface area is 152 Å². The Balaban J connectivity index is 1.68. The van der Waals surface area contributed by atoms with Crippen molar-refractivity contribution in [3.05, 3.63) is 60.3 Å². The Kier molecular flexibility index (Phi) is 4.46. The van der Waals surface area contributed by atoms with Gasteiger partial charge in [-0.3, -0.25) is 4.90 Å². The lowest BCUT2D eigenvalue weighted by molar-refractivity contribution is 0.0184. The van der Waals surface area contributed by atoms with Crippen LogP contribution in [-0.2, 0) is 0 Å². The second kappa shape index (κ2) is 7.06. The molecule has 3 aromatic rings. The number of hydrogen-bond acceptors (Lipinski definition) is 6. The van der Waals surface area contributed by atoms with Crippen molar-refractivity contribution in [2.45, 2.75) is 32.0 Å². The second-order valence-electron chi connectivity index (χ2n) is 6.53. The summed E-state index contributed by atoms with van der Waals surface area (Å²) >= 11 is 0. The number of nitrogens with zero attached hydrogens (tertiary/aromatic N) is 5. The second-order valence-corrected chi connectivity index (χ2v) is 6.53. The molecule has 1 aromatic carbocycles. The van der Waals surface area contributed by atoms with Crippen molar-refractivity contribution in [2.75, 3.05) is 6.54 Å². The normalized spacial score (nSPS) is 18.5. The SMILES string of the molecule is CC1CCCN1C(Oc1ccc2cncnc2c1)c1ccc(C#N)nc1. The monoisotopic (exact) mass is 345 g/mol. The van der Waals surface area contributed by atoms with Crippen molar-refractivity contribution in [1.82, 2.24) is 19.9 Å². The fourth-order valence-corrected chi connectivity index (χ4v) is 3.40. The van der Waals surface area contributed by atoms with E-state index < -0.39 is 0 Å². The molecule has 1 aliphatic rings. The molecule has 1 saturated heterocycles. The van der Waals surface area contributed by atoms with E-state index >= 15 is 0 Å². The Morgan fingerprint density at radius 1 is 1.23 bits per heavy atom. The van der Waals surface area contributed by atoms with Crippen LogP contribution in [0.2, 0.25) is 0 Å². The molecule has 6 heteroatoms. The number of fused-ring (bicyclic) bond motifs is 1. The van der Waals surface area contributed by atoms with Crippen LogP contribution in [0, 0.1) is 11.3 Å². The highest BCUT2D eigenvalue weighted by atomic mass is 16.5. The van der Waals surface area contributed by atoms with Gasteiger partial charge >= 0.3 is 0 Å². The predicted octanol–water partition coefficient (Wildman–Crippen LogP) is 3.46. The largest absolute Gasteiger partial charge is 0.471 e. The molecule has 4 rings (SSSR count). The van der Waals surface area contributed by atoms with E-state index in [2.05, 4.69) is 32.8 Å².